The number of fused-ring (bicyclic) bond motifs is 1. The summed E-state index contributed by atoms with van der Waals surface area (Å²) in [5, 5.41) is 4.14. The van der Waals surface area contributed by atoms with Crippen LogP contribution in [-0.2, 0) is 9.57 Å². The molecule has 0 amide bonds. The quantitative estimate of drug-likeness (QED) is 0.630. The van der Waals surface area contributed by atoms with Gasteiger partial charge >= 0.3 is 5.97 Å². The average Bonchev–Trinajstić information content (AvgIpc) is 2.67. The number of methoxy groups -OCH3 is 2. The molecule has 25 heavy (non-hydrogen) atoms. The highest BCUT2D eigenvalue weighted by Gasteiger charge is 2.28. The topological polar surface area (TPSA) is 66.4 Å². The van der Waals surface area contributed by atoms with E-state index in [1.807, 2.05) is 30.3 Å². The molecule has 1 atom stereocenters. The first-order valence-electron chi connectivity index (χ1n) is 7.79. The first-order chi connectivity index (χ1) is 12.2. The molecule has 0 saturated carbocycles. The van der Waals surface area contributed by atoms with Crippen LogP contribution >= 0.6 is 0 Å². The van der Waals surface area contributed by atoms with Gasteiger partial charge in [-0.15, -0.1) is 0 Å². The maximum absolute atomic E-state index is 11.8. The Bertz CT molecular complexity index is 815. The van der Waals surface area contributed by atoms with Gasteiger partial charge in [0.15, 0.2) is 0 Å². The van der Waals surface area contributed by atoms with Crippen LogP contribution in [0.4, 0.5) is 0 Å². The lowest BCUT2D eigenvalue weighted by Crippen LogP contribution is -2.21. The molecule has 0 fully saturated rings. The van der Waals surface area contributed by atoms with Crippen molar-refractivity contribution in [2.75, 3.05) is 21.3 Å². The number of carbonyl (C=O) groups is 1. The highest BCUT2D eigenvalue weighted by Crippen LogP contribution is 2.37. The van der Waals surface area contributed by atoms with Crippen LogP contribution in [0.15, 0.2) is 47.6 Å². The molecular weight excluding hydrogens is 322 g/mol. The molecule has 0 bridgehead atoms. The minimum atomic E-state index is -0.381. The third-order valence-electron chi connectivity index (χ3n) is 4.03. The van der Waals surface area contributed by atoms with Crippen molar-refractivity contribution in [3.8, 4) is 11.5 Å². The van der Waals surface area contributed by atoms with Gasteiger partial charge in [-0.05, 0) is 35.9 Å². The molecule has 1 heterocycles. The predicted molar refractivity (Wildman–Crippen MR) is 92.3 cm³/mol. The van der Waals surface area contributed by atoms with E-state index in [4.69, 9.17) is 19.0 Å². The molecule has 0 saturated heterocycles. The number of benzene rings is 2. The number of ether oxygens (including phenoxy) is 3. The Morgan fingerprint density at radius 2 is 2.00 bits per heavy atom. The summed E-state index contributed by atoms with van der Waals surface area (Å²) < 4.78 is 16.2. The third-order valence-corrected chi connectivity index (χ3v) is 4.03. The number of nitrogens with zero attached hydrogens (tertiary/aromatic N) is 1. The maximum atomic E-state index is 11.8. The first kappa shape index (κ1) is 16.8. The van der Waals surface area contributed by atoms with Crippen molar-refractivity contribution in [3.63, 3.8) is 0 Å². The number of oxime groups is 1. The van der Waals surface area contributed by atoms with Crippen molar-refractivity contribution in [1.82, 2.24) is 0 Å². The number of rotatable bonds is 4. The van der Waals surface area contributed by atoms with E-state index in [1.54, 1.807) is 19.2 Å². The van der Waals surface area contributed by atoms with E-state index < -0.39 is 0 Å². The Morgan fingerprint density at radius 3 is 2.72 bits per heavy atom. The Balaban J connectivity index is 1.97. The van der Waals surface area contributed by atoms with Crippen molar-refractivity contribution in [1.29, 1.82) is 0 Å². The largest absolute Gasteiger partial charge is 0.497 e. The molecule has 0 radical (unpaired) electrons. The van der Waals surface area contributed by atoms with Gasteiger partial charge in [0.2, 0.25) is 0 Å². The Labute approximate surface area is 146 Å². The van der Waals surface area contributed by atoms with Gasteiger partial charge in [-0.2, -0.15) is 0 Å². The van der Waals surface area contributed by atoms with Gasteiger partial charge in [-0.25, -0.2) is 4.79 Å². The zero-order valence-corrected chi connectivity index (χ0v) is 14.3. The van der Waals surface area contributed by atoms with Crippen molar-refractivity contribution < 1.29 is 23.8 Å². The minimum absolute atomic E-state index is 0.278. The summed E-state index contributed by atoms with van der Waals surface area (Å²) >= 11 is 0. The van der Waals surface area contributed by atoms with Crippen molar-refractivity contribution in [2.24, 2.45) is 5.16 Å². The van der Waals surface area contributed by atoms with Crippen LogP contribution in [0.1, 0.15) is 34.0 Å². The first-order valence-corrected chi connectivity index (χ1v) is 7.79. The smallest absolute Gasteiger partial charge is 0.337 e. The monoisotopic (exact) mass is 341 g/mol. The summed E-state index contributed by atoms with van der Waals surface area (Å²) in [6.45, 7) is 0. The molecule has 0 aromatic heterocycles. The van der Waals surface area contributed by atoms with Crippen molar-refractivity contribution in [2.45, 2.75) is 12.5 Å². The summed E-state index contributed by atoms with van der Waals surface area (Å²) in [7, 11) is 4.48. The molecule has 0 N–H and O–H groups in total. The second kappa shape index (κ2) is 7.25. The van der Waals surface area contributed by atoms with E-state index in [2.05, 4.69) is 5.16 Å². The molecule has 2 aromatic carbocycles. The zero-order chi connectivity index (χ0) is 17.8. The zero-order valence-electron chi connectivity index (χ0n) is 14.3. The number of carbonyl (C=O) groups excluding carboxylic acids is 1. The van der Waals surface area contributed by atoms with E-state index >= 15 is 0 Å². The molecular formula is C19H19NO5. The van der Waals surface area contributed by atoms with E-state index in [-0.39, 0.29) is 12.1 Å². The van der Waals surface area contributed by atoms with Crippen LogP contribution in [0, 0.1) is 0 Å². The highest BCUT2D eigenvalue weighted by molar-refractivity contribution is 6.04. The van der Waals surface area contributed by atoms with Gasteiger partial charge in [0.25, 0.3) is 0 Å². The summed E-state index contributed by atoms with van der Waals surface area (Å²) in [5.74, 6) is 1.03. The molecule has 1 aliphatic heterocycles. The van der Waals surface area contributed by atoms with Crippen LogP contribution in [0.2, 0.25) is 0 Å². The number of hydrogen-bond donors (Lipinski definition) is 0. The fourth-order valence-electron chi connectivity index (χ4n) is 2.81. The van der Waals surface area contributed by atoms with Crippen LogP contribution in [0.5, 0.6) is 11.5 Å². The standard InChI is InChI=1S/C19H19NO5/c1-22-14-7-8-17-15(10-14)16(20-24-3)11-18(25-17)12-5-4-6-13(9-12)19(21)23-2/h4-10,18H,11H2,1-3H3. The minimum Gasteiger partial charge on any atom is -0.497 e. The third kappa shape index (κ3) is 3.42. The van der Waals surface area contributed by atoms with Gasteiger partial charge in [0.05, 0.1) is 25.5 Å². The molecule has 0 aliphatic carbocycles. The Hall–Kier alpha value is -3.02. The second-order valence-corrected chi connectivity index (χ2v) is 5.51. The lowest BCUT2D eigenvalue weighted by molar-refractivity contribution is 0.0600. The van der Waals surface area contributed by atoms with Crippen molar-refractivity contribution in [3.05, 3.63) is 59.2 Å². The van der Waals surface area contributed by atoms with E-state index in [9.17, 15) is 4.79 Å². The van der Waals surface area contributed by atoms with Crippen LogP contribution in [-0.4, -0.2) is 33.0 Å². The van der Waals surface area contributed by atoms with Gasteiger partial charge in [0, 0.05) is 12.0 Å². The van der Waals surface area contributed by atoms with Gasteiger partial charge < -0.3 is 19.0 Å². The van der Waals surface area contributed by atoms with Gasteiger partial charge in [-0.3, -0.25) is 0 Å². The normalized spacial score (nSPS) is 17.4. The van der Waals surface area contributed by atoms with Gasteiger partial charge in [-0.1, -0.05) is 17.3 Å². The molecule has 1 aliphatic rings. The van der Waals surface area contributed by atoms with E-state index in [0.29, 0.717) is 17.7 Å². The lowest BCUT2D eigenvalue weighted by atomic mass is 9.94. The summed E-state index contributed by atoms with van der Waals surface area (Å²) in [5.41, 5.74) is 2.94. The molecule has 0 spiro atoms. The summed E-state index contributed by atoms with van der Waals surface area (Å²) in [6.07, 6.45) is 0.234. The van der Waals surface area contributed by atoms with Crippen LogP contribution in [0.25, 0.3) is 0 Å². The highest BCUT2D eigenvalue weighted by atomic mass is 16.6. The lowest BCUT2D eigenvalue weighted by Gasteiger charge is -2.27. The van der Waals surface area contributed by atoms with Crippen LogP contribution in [0.3, 0.4) is 0 Å². The molecule has 2 aromatic rings. The molecule has 6 nitrogen and oxygen atoms in total. The molecule has 3 rings (SSSR count). The molecule has 130 valence electrons. The number of hydrogen-bond acceptors (Lipinski definition) is 6. The average molecular weight is 341 g/mol. The fourth-order valence-corrected chi connectivity index (χ4v) is 2.81. The summed E-state index contributed by atoms with van der Waals surface area (Å²) in [4.78, 5) is 16.8. The van der Waals surface area contributed by atoms with E-state index in [1.165, 1.54) is 14.2 Å². The predicted octanol–water partition coefficient (Wildman–Crippen LogP) is 3.36. The Kier molecular flexibility index (Phi) is 4.88. The fraction of sp³-hybridized carbons (Fsp3) is 0.263. The SMILES string of the molecule is CON=C1CC(c2cccc(C(=O)OC)c2)Oc2ccc(OC)cc21. The second-order valence-electron chi connectivity index (χ2n) is 5.51. The summed E-state index contributed by atoms with van der Waals surface area (Å²) in [6, 6.07) is 12.7. The maximum Gasteiger partial charge on any atom is 0.337 e. The van der Waals surface area contributed by atoms with E-state index in [0.717, 1.165) is 22.6 Å². The van der Waals surface area contributed by atoms with Crippen LogP contribution < -0.4 is 9.47 Å². The van der Waals surface area contributed by atoms with Gasteiger partial charge in [0.1, 0.15) is 24.7 Å². The molecule has 1 unspecified atom stereocenters. The number of esters is 1. The molecule has 6 heteroatoms. The Morgan fingerprint density at radius 1 is 1.16 bits per heavy atom. The van der Waals surface area contributed by atoms with Crippen molar-refractivity contribution >= 4 is 11.7 Å².